The number of alkyl halides is 3. The van der Waals surface area contributed by atoms with Gasteiger partial charge in [0.05, 0.1) is 6.20 Å². The van der Waals surface area contributed by atoms with Crippen LogP contribution in [0.4, 0.5) is 13.2 Å². The molecule has 1 aliphatic heterocycles. The van der Waals surface area contributed by atoms with Crippen molar-refractivity contribution in [1.29, 1.82) is 0 Å². The molecule has 0 bridgehead atoms. The Morgan fingerprint density at radius 2 is 2.06 bits per heavy atom. The first-order valence-electron chi connectivity index (χ1n) is 5.29. The second-order valence-corrected chi connectivity index (χ2v) is 4.06. The van der Waals surface area contributed by atoms with Gasteiger partial charge in [0.15, 0.2) is 0 Å². The smallest absolute Gasteiger partial charge is 0.361 e. The van der Waals surface area contributed by atoms with Gasteiger partial charge in [0, 0.05) is 6.42 Å². The van der Waals surface area contributed by atoms with Crippen LogP contribution in [0.15, 0.2) is 10.7 Å². The van der Waals surface area contributed by atoms with E-state index in [-0.39, 0.29) is 11.7 Å². The van der Waals surface area contributed by atoms with Gasteiger partial charge >= 0.3 is 6.18 Å². The minimum absolute atomic E-state index is 0.0283. The quantitative estimate of drug-likeness (QED) is 0.852. The molecule has 0 radical (unpaired) electrons. The number of hydrogen-bond donors (Lipinski definition) is 1. The highest BCUT2D eigenvalue weighted by atomic mass is 19.4. The van der Waals surface area contributed by atoms with Crippen molar-refractivity contribution in [3.8, 4) is 0 Å². The van der Waals surface area contributed by atoms with Gasteiger partial charge in [0.1, 0.15) is 11.3 Å². The summed E-state index contributed by atoms with van der Waals surface area (Å²) in [4.78, 5) is 0. The van der Waals surface area contributed by atoms with Crippen molar-refractivity contribution in [1.82, 2.24) is 10.5 Å². The van der Waals surface area contributed by atoms with Crippen LogP contribution in [0.3, 0.4) is 0 Å². The zero-order chi connectivity index (χ0) is 11.6. The lowest BCUT2D eigenvalue weighted by Crippen LogP contribution is -2.28. The number of rotatable bonds is 2. The van der Waals surface area contributed by atoms with Crippen LogP contribution in [0.25, 0.3) is 0 Å². The maximum atomic E-state index is 12.5. The van der Waals surface area contributed by atoms with Gasteiger partial charge in [-0.3, -0.25) is 0 Å². The maximum Gasteiger partial charge on any atom is 0.421 e. The molecule has 3 nitrogen and oxygen atoms in total. The van der Waals surface area contributed by atoms with E-state index in [2.05, 4.69) is 10.5 Å². The van der Waals surface area contributed by atoms with Gasteiger partial charge in [0.2, 0.25) is 0 Å². The van der Waals surface area contributed by atoms with Crippen LogP contribution in [-0.2, 0) is 12.6 Å². The summed E-state index contributed by atoms with van der Waals surface area (Å²) < 4.78 is 42.3. The molecule has 0 spiro atoms. The molecule has 1 fully saturated rings. The molecule has 0 aromatic carbocycles. The van der Waals surface area contributed by atoms with Crippen LogP contribution in [0.5, 0.6) is 0 Å². The second kappa shape index (κ2) is 4.45. The fraction of sp³-hybridized carbons (Fsp3) is 0.700. The van der Waals surface area contributed by atoms with Crippen LogP contribution < -0.4 is 5.32 Å². The van der Waals surface area contributed by atoms with E-state index in [0.717, 1.165) is 32.1 Å². The van der Waals surface area contributed by atoms with Crippen LogP contribution in [0.1, 0.15) is 24.2 Å². The molecule has 2 rings (SSSR count). The molecule has 16 heavy (non-hydrogen) atoms. The van der Waals surface area contributed by atoms with Gasteiger partial charge in [-0.1, -0.05) is 5.16 Å². The summed E-state index contributed by atoms with van der Waals surface area (Å²) in [6, 6.07) is 0. The largest absolute Gasteiger partial charge is 0.421 e. The lowest BCUT2D eigenvalue weighted by atomic mass is 9.92. The molecule has 6 heteroatoms. The molecule has 0 unspecified atom stereocenters. The average molecular weight is 234 g/mol. The van der Waals surface area contributed by atoms with Crippen LogP contribution in [0.2, 0.25) is 0 Å². The molecule has 1 saturated heterocycles. The molecule has 1 aromatic rings. The van der Waals surface area contributed by atoms with Gasteiger partial charge in [-0.05, 0) is 31.8 Å². The van der Waals surface area contributed by atoms with Crippen molar-refractivity contribution in [2.75, 3.05) is 13.1 Å². The molecule has 0 aliphatic carbocycles. The first-order chi connectivity index (χ1) is 7.57. The molecule has 0 saturated carbocycles. The van der Waals surface area contributed by atoms with Gasteiger partial charge in [-0.2, -0.15) is 13.2 Å². The van der Waals surface area contributed by atoms with E-state index in [0.29, 0.717) is 6.42 Å². The third-order valence-corrected chi connectivity index (χ3v) is 2.88. The Balaban J connectivity index is 2.06. The summed E-state index contributed by atoms with van der Waals surface area (Å²) in [6.07, 6.45) is -1.49. The zero-order valence-electron chi connectivity index (χ0n) is 8.68. The number of nitrogens with one attached hydrogen (secondary N) is 1. The fourth-order valence-electron chi connectivity index (χ4n) is 1.99. The lowest BCUT2D eigenvalue weighted by Gasteiger charge is -2.21. The Bertz CT molecular complexity index is 342. The van der Waals surface area contributed by atoms with E-state index in [1.54, 1.807) is 0 Å². The third-order valence-electron chi connectivity index (χ3n) is 2.88. The minimum atomic E-state index is -4.36. The molecule has 1 aromatic heterocycles. The van der Waals surface area contributed by atoms with Gasteiger partial charge in [0.25, 0.3) is 0 Å². The lowest BCUT2D eigenvalue weighted by molar-refractivity contribution is -0.138. The Hall–Kier alpha value is -1.04. The number of aromatic nitrogens is 1. The summed E-state index contributed by atoms with van der Waals surface area (Å²) >= 11 is 0. The van der Waals surface area contributed by atoms with Gasteiger partial charge in [-0.15, -0.1) is 0 Å². The number of hydrogen-bond acceptors (Lipinski definition) is 3. The first-order valence-corrected chi connectivity index (χ1v) is 5.29. The van der Waals surface area contributed by atoms with E-state index in [1.807, 2.05) is 0 Å². The molecule has 1 aliphatic rings. The monoisotopic (exact) mass is 234 g/mol. The SMILES string of the molecule is FC(F)(F)c1cnoc1CC1CCNCC1. The minimum Gasteiger partial charge on any atom is -0.361 e. The van der Waals surface area contributed by atoms with E-state index < -0.39 is 11.7 Å². The third kappa shape index (κ3) is 2.55. The normalized spacial score (nSPS) is 18.9. The Morgan fingerprint density at radius 3 is 2.69 bits per heavy atom. The number of halogens is 3. The highest BCUT2D eigenvalue weighted by Crippen LogP contribution is 2.33. The summed E-state index contributed by atoms with van der Waals surface area (Å²) in [6.45, 7) is 1.72. The molecular formula is C10H13F3N2O. The van der Waals surface area contributed by atoms with E-state index in [9.17, 15) is 13.2 Å². The van der Waals surface area contributed by atoms with Crippen molar-refractivity contribution >= 4 is 0 Å². The predicted octanol–water partition coefficient (Wildman–Crippen LogP) is 2.24. The van der Waals surface area contributed by atoms with E-state index in [4.69, 9.17) is 4.52 Å². The van der Waals surface area contributed by atoms with Crippen molar-refractivity contribution in [3.05, 3.63) is 17.5 Å². The highest BCUT2D eigenvalue weighted by Gasteiger charge is 2.37. The molecular weight excluding hydrogens is 221 g/mol. The topological polar surface area (TPSA) is 38.1 Å². The zero-order valence-corrected chi connectivity index (χ0v) is 8.68. The van der Waals surface area contributed by atoms with Crippen LogP contribution in [0, 0.1) is 5.92 Å². The first kappa shape index (κ1) is 11.4. The Morgan fingerprint density at radius 1 is 1.38 bits per heavy atom. The summed E-state index contributed by atoms with van der Waals surface area (Å²) in [5.41, 5.74) is -0.731. The van der Waals surface area contributed by atoms with Crippen molar-refractivity contribution in [2.45, 2.75) is 25.4 Å². The van der Waals surface area contributed by atoms with E-state index in [1.165, 1.54) is 0 Å². The summed E-state index contributed by atoms with van der Waals surface area (Å²) in [5.74, 6) is 0.231. The molecule has 1 N–H and O–H groups in total. The Kier molecular flexibility index (Phi) is 3.18. The fourth-order valence-corrected chi connectivity index (χ4v) is 1.99. The van der Waals surface area contributed by atoms with Crippen LogP contribution in [-0.4, -0.2) is 18.2 Å². The summed E-state index contributed by atoms with van der Waals surface area (Å²) in [7, 11) is 0. The summed E-state index contributed by atoms with van der Waals surface area (Å²) in [5, 5.41) is 6.41. The van der Waals surface area contributed by atoms with Crippen molar-refractivity contribution in [3.63, 3.8) is 0 Å². The Labute approximate surface area is 91.0 Å². The van der Waals surface area contributed by atoms with Crippen LogP contribution >= 0.6 is 0 Å². The van der Waals surface area contributed by atoms with Gasteiger partial charge in [-0.25, -0.2) is 0 Å². The van der Waals surface area contributed by atoms with Crippen molar-refractivity contribution in [2.24, 2.45) is 5.92 Å². The number of nitrogens with zero attached hydrogens (tertiary/aromatic N) is 1. The molecule has 2 heterocycles. The standard InChI is InChI=1S/C10H13F3N2O/c11-10(12,13)8-6-15-16-9(8)5-7-1-3-14-4-2-7/h6-7,14H,1-5H2. The number of piperidine rings is 1. The average Bonchev–Trinajstić information content (AvgIpc) is 2.67. The predicted molar refractivity (Wildman–Crippen MR) is 50.8 cm³/mol. The molecule has 90 valence electrons. The molecule has 0 atom stereocenters. The molecule has 0 amide bonds. The van der Waals surface area contributed by atoms with E-state index >= 15 is 0 Å². The highest BCUT2D eigenvalue weighted by molar-refractivity contribution is 5.17. The second-order valence-electron chi connectivity index (χ2n) is 4.06. The van der Waals surface area contributed by atoms with Crippen molar-refractivity contribution < 1.29 is 17.7 Å². The van der Waals surface area contributed by atoms with Gasteiger partial charge < -0.3 is 9.84 Å². The maximum absolute atomic E-state index is 12.5.